The molecule has 0 heterocycles. The van der Waals surface area contributed by atoms with Gasteiger partial charge in [-0.3, -0.25) is 4.79 Å². The number of hydrogen-bond acceptors (Lipinski definition) is 13. The molecule has 0 spiro atoms. The van der Waals surface area contributed by atoms with Gasteiger partial charge in [0.25, 0.3) is 0 Å². The zero-order valence-corrected chi connectivity index (χ0v) is 28.4. The molecular weight excluding hydrogens is 574 g/mol. The predicted molar refractivity (Wildman–Crippen MR) is 176 cm³/mol. The van der Waals surface area contributed by atoms with Crippen LogP contribution in [0.3, 0.4) is 0 Å². The third-order valence-corrected chi connectivity index (χ3v) is 4.61. The van der Waals surface area contributed by atoms with Gasteiger partial charge in [0, 0.05) is 19.4 Å². The Balaban J connectivity index is -0.000000695. The topological polar surface area (TPSA) is 195 Å². The van der Waals surface area contributed by atoms with Crippen molar-refractivity contribution in [2.45, 2.75) is 53.4 Å². The summed E-state index contributed by atoms with van der Waals surface area (Å²) in [6, 6.07) is 0. The number of allylic oxidation sites excluding steroid dienone is 1. The molecule has 0 aromatic rings. The molecule has 0 saturated carbocycles. The van der Waals surface area contributed by atoms with Crippen LogP contribution in [0.15, 0.2) is 24.2 Å². The maximum absolute atomic E-state index is 8.58. The molecule has 8 N–H and O–H groups in total. The van der Waals surface area contributed by atoms with E-state index in [-0.39, 0.29) is 19.6 Å². The Morgan fingerprint density at radius 3 is 1.59 bits per heavy atom. The highest BCUT2D eigenvalue weighted by atomic mass is 16.6. The molecule has 0 fully saturated rings. The molecule has 0 bridgehead atoms. The van der Waals surface area contributed by atoms with Gasteiger partial charge in [0.05, 0.1) is 90.7 Å². The molecule has 44 heavy (non-hydrogen) atoms. The maximum atomic E-state index is 8.58. The van der Waals surface area contributed by atoms with Gasteiger partial charge in [0.1, 0.15) is 6.61 Å². The number of nitrogens with two attached hydrogens (primary N) is 3. The molecule has 1 amide bonds. The van der Waals surface area contributed by atoms with Gasteiger partial charge in [-0.05, 0) is 46.2 Å². The number of carbonyl (C=O) groups is 1. The lowest BCUT2D eigenvalue weighted by Crippen LogP contribution is -2.31. The van der Waals surface area contributed by atoms with Crippen LogP contribution >= 0.6 is 0 Å². The van der Waals surface area contributed by atoms with Crippen molar-refractivity contribution in [3.8, 4) is 0 Å². The number of carbonyl (C=O) groups excluding carboxylic acids is 1. The number of hydrogen-bond donors (Lipinski definition) is 5. The van der Waals surface area contributed by atoms with E-state index in [1.165, 1.54) is 11.4 Å². The smallest absolute Gasteiger partial charge is 0.204 e. The lowest BCUT2D eigenvalue weighted by Gasteiger charge is -2.15. The van der Waals surface area contributed by atoms with E-state index in [9.17, 15) is 0 Å². The minimum Gasteiger partial charge on any atom is -0.493 e. The largest absolute Gasteiger partial charge is 0.493 e. The van der Waals surface area contributed by atoms with Crippen molar-refractivity contribution in [1.82, 2.24) is 10.3 Å². The van der Waals surface area contributed by atoms with Gasteiger partial charge in [0.15, 0.2) is 0 Å². The number of amides is 1. The minimum atomic E-state index is 0.0336. The number of nitrogens with one attached hydrogen (secondary N) is 1. The second-order valence-electron chi connectivity index (χ2n) is 8.63. The quantitative estimate of drug-likeness (QED) is 0.0260. The molecular formula is C30H67N5O9. The van der Waals surface area contributed by atoms with E-state index in [0.29, 0.717) is 90.7 Å². The van der Waals surface area contributed by atoms with Crippen LogP contribution in [0.5, 0.6) is 0 Å². The summed E-state index contributed by atoms with van der Waals surface area (Å²) in [5.74, 6) is 6.43. The Kier molecular flexibility index (Phi) is 53.2. The molecule has 14 heteroatoms. The SMILES string of the molecule is C=C(C)OC/C(N)=C/N(N)CCOCCOCCCCCOCCOCCOCCOCCO.CC.CCCNC.NC=O. The number of rotatable bonds is 29. The van der Waals surface area contributed by atoms with Gasteiger partial charge in [-0.25, -0.2) is 5.84 Å². The van der Waals surface area contributed by atoms with Gasteiger partial charge in [-0.1, -0.05) is 27.4 Å². The van der Waals surface area contributed by atoms with E-state index in [2.05, 4.69) is 24.6 Å². The number of aliphatic hydroxyl groups excluding tert-OH is 1. The molecule has 266 valence electrons. The molecule has 14 nitrogen and oxygen atoms in total. The molecule has 0 saturated heterocycles. The van der Waals surface area contributed by atoms with Crippen LogP contribution in [-0.2, 0) is 38.0 Å². The number of unbranched alkanes of at least 4 members (excludes halogenated alkanes) is 2. The fraction of sp³-hybridized carbons (Fsp3) is 0.833. The summed E-state index contributed by atoms with van der Waals surface area (Å²) in [4.78, 5) is 8.58. The highest BCUT2D eigenvalue weighted by Gasteiger charge is 1.98. The second-order valence-corrected chi connectivity index (χ2v) is 8.63. The Morgan fingerprint density at radius 1 is 0.818 bits per heavy atom. The lowest BCUT2D eigenvalue weighted by atomic mass is 10.2. The Labute approximate surface area is 267 Å². The molecule has 0 rings (SSSR count). The first kappa shape index (κ1) is 48.9. The highest BCUT2D eigenvalue weighted by molar-refractivity contribution is 5.42. The average Bonchev–Trinajstić information content (AvgIpc) is 3.01. The number of aliphatic hydroxyl groups is 1. The summed E-state index contributed by atoms with van der Waals surface area (Å²) in [5, 5.41) is 13.0. The Bertz CT molecular complexity index is 575. The van der Waals surface area contributed by atoms with Crippen molar-refractivity contribution < 1.29 is 43.1 Å². The lowest BCUT2D eigenvalue weighted by molar-refractivity contribution is -0.106. The van der Waals surface area contributed by atoms with Gasteiger partial charge >= 0.3 is 0 Å². The van der Waals surface area contributed by atoms with Gasteiger partial charge < -0.3 is 60.1 Å². The Morgan fingerprint density at radius 2 is 1.23 bits per heavy atom. The number of hydrazine groups is 1. The van der Waals surface area contributed by atoms with Crippen LogP contribution in [0, 0.1) is 0 Å². The van der Waals surface area contributed by atoms with E-state index in [0.717, 1.165) is 32.4 Å². The first-order valence-corrected chi connectivity index (χ1v) is 15.5. The highest BCUT2D eigenvalue weighted by Crippen LogP contribution is 1.98. The number of nitrogens with zero attached hydrogens (tertiary/aromatic N) is 1. The molecule has 0 unspecified atom stereocenters. The number of primary amides is 1. The monoisotopic (exact) mass is 641 g/mol. The summed E-state index contributed by atoms with van der Waals surface area (Å²) >= 11 is 0. The van der Waals surface area contributed by atoms with Crippen LogP contribution in [-0.4, -0.2) is 129 Å². The van der Waals surface area contributed by atoms with Gasteiger partial charge in [-0.2, -0.15) is 0 Å². The maximum Gasteiger partial charge on any atom is 0.204 e. The normalized spacial score (nSPS) is 10.4. The van der Waals surface area contributed by atoms with Crippen molar-refractivity contribution >= 4 is 6.41 Å². The zero-order chi connectivity index (χ0) is 33.9. The van der Waals surface area contributed by atoms with E-state index >= 15 is 0 Å². The summed E-state index contributed by atoms with van der Waals surface area (Å²) < 4.78 is 37.6. The second kappa shape index (κ2) is 47.9. The van der Waals surface area contributed by atoms with Crippen LogP contribution in [0.1, 0.15) is 53.4 Å². The van der Waals surface area contributed by atoms with Crippen LogP contribution in [0.2, 0.25) is 0 Å². The zero-order valence-electron chi connectivity index (χ0n) is 28.4. The van der Waals surface area contributed by atoms with Crippen LogP contribution in [0.25, 0.3) is 0 Å². The number of ether oxygens (including phenoxy) is 7. The molecule has 0 aliphatic heterocycles. The molecule has 0 aromatic carbocycles. The third-order valence-electron chi connectivity index (χ3n) is 4.61. The first-order valence-electron chi connectivity index (χ1n) is 15.5. The molecule has 0 atom stereocenters. The van der Waals surface area contributed by atoms with E-state index in [4.69, 9.17) is 54.6 Å². The van der Waals surface area contributed by atoms with Crippen molar-refractivity contribution in [2.24, 2.45) is 17.3 Å². The fourth-order valence-corrected chi connectivity index (χ4v) is 2.67. The van der Waals surface area contributed by atoms with Crippen LogP contribution in [0.4, 0.5) is 0 Å². The van der Waals surface area contributed by atoms with E-state index < -0.39 is 0 Å². The van der Waals surface area contributed by atoms with Crippen molar-refractivity contribution in [2.75, 3.05) is 113 Å². The van der Waals surface area contributed by atoms with Gasteiger partial charge in [-0.15, -0.1) is 0 Å². The third kappa shape index (κ3) is 55.9. The fourth-order valence-electron chi connectivity index (χ4n) is 2.67. The molecule has 0 aliphatic carbocycles. The molecule has 0 radical (unpaired) electrons. The first-order chi connectivity index (χ1) is 21.4. The molecule has 0 aliphatic rings. The predicted octanol–water partition coefficient (Wildman–Crippen LogP) is 1.52. The van der Waals surface area contributed by atoms with E-state index in [1.807, 2.05) is 20.9 Å². The minimum absolute atomic E-state index is 0.0336. The van der Waals surface area contributed by atoms with Crippen molar-refractivity contribution in [3.05, 3.63) is 24.2 Å². The summed E-state index contributed by atoms with van der Waals surface area (Å²) in [5.41, 5.74) is 10.5. The van der Waals surface area contributed by atoms with E-state index in [1.54, 1.807) is 13.1 Å². The summed E-state index contributed by atoms with van der Waals surface area (Å²) in [6.45, 7) is 20.0. The standard InChI is InChI=1S/C23H47N3O8.C4H11N.C2H6.CH3NO/c1-22(2)34-21-23(24)20-26(25)6-10-30-14-12-28-8-4-3-5-9-29-13-16-32-18-19-33-17-15-31-11-7-27;1-3-4-5-2;1-2;2-1-3/h20,27H,1,3-19,21,24-25H2,2H3;5H,3-4H2,1-2H3;1-2H3;1H,(H2,2,3)/b23-20-;;;. The van der Waals surface area contributed by atoms with Crippen molar-refractivity contribution in [1.29, 1.82) is 0 Å². The average molecular weight is 642 g/mol. The summed E-state index contributed by atoms with van der Waals surface area (Å²) in [7, 11) is 1.96. The van der Waals surface area contributed by atoms with Crippen molar-refractivity contribution in [3.63, 3.8) is 0 Å². The van der Waals surface area contributed by atoms with Crippen LogP contribution < -0.4 is 22.6 Å². The molecule has 0 aromatic heterocycles. The van der Waals surface area contributed by atoms with Gasteiger partial charge in [0.2, 0.25) is 6.41 Å². The summed E-state index contributed by atoms with van der Waals surface area (Å²) in [6.07, 6.45) is 6.15. The Hall–Kier alpha value is -2.01.